The molecule has 0 bridgehead atoms. The molecule has 0 fully saturated rings. The highest BCUT2D eigenvalue weighted by molar-refractivity contribution is 6.30. The summed E-state index contributed by atoms with van der Waals surface area (Å²) >= 11 is 5.98. The van der Waals surface area contributed by atoms with Crippen molar-refractivity contribution in [3.8, 4) is 0 Å². The molecule has 0 atom stereocenters. The molecule has 2 amide bonds. The third kappa shape index (κ3) is 3.37. The Morgan fingerprint density at radius 3 is 2.74 bits per heavy atom. The first kappa shape index (κ1) is 15.6. The van der Waals surface area contributed by atoms with Gasteiger partial charge in [0.15, 0.2) is 0 Å². The van der Waals surface area contributed by atoms with Gasteiger partial charge in [0, 0.05) is 18.5 Å². The van der Waals surface area contributed by atoms with Gasteiger partial charge in [0.25, 0.3) is 0 Å². The molecule has 2 aromatic rings. The Bertz CT molecular complexity index is 773. The van der Waals surface area contributed by atoms with Gasteiger partial charge in [-0.25, -0.2) is 0 Å². The van der Waals surface area contributed by atoms with Crippen molar-refractivity contribution in [1.82, 2.24) is 0 Å². The van der Waals surface area contributed by atoms with Crippen molar-refractivity contribution in [2.24, 2.45) is 0 Å². The number of nitrogens with one attached hydrogen (secondary N) is 1. The van der Waals surface area contributed by atoms with E-state index in [4.69, 9.17) is 11.6 Å². The van der Waals surface area contributed by atoms with Gasteiger partial charge in [-0.2, -0.15) is 0 Å². The predicted molar refractivity (Wildman–Crippen MR) is 92.0 cm³/mol. The minimum absolute atomic E-state index is 0.00354. The molecule has 0 saturated carbocycles. The van der Waals surface area contributed by atoms with Crippen LogP contribution in [-0.2, 0) is 22.4 Å². The van der Waals surface area contributed by atoms with Crippen LogP contribution >= 0.6 is 11.6 Å². The molecule has 1 aliphatic heterocycles. The SMILES string of the molecule is CC(=O)Nc1cccc2c1N(C(=O)Cc1cccc(Cl)c1)CC2. The normalized spacial score (nSPS) is 12.9. The van der Waals surface area contributed by atoms with Crippen LogP contribution in [0.1, 0.15) is 18.1 Å². The number of hydrogen-bond acceptors (Lipinski definition) is 2. The van der Waals surface area contributed by atoms with E-state index in [0.29, 0.717) is 17.3 Å². The van der Waals surface area contributed by atoms with Gasteiger partial charge < -0.3 is 10.2 Å². The third-order valence-electron chi connectivity index (χ3n) is 3.85. The van der Waals surface area contributed by atoms with Gasteiger partial charge in [0.1, 0.15) is 0 Å². The van der Waals surface area contributed by atoms with Crippen LogP contribution in [0.25, 0.3) is 0 Å². The lowest BCUT2D eigenvalue weighted by Gasteiger charge is -2.20. The van der Waals surface area contributed by atoms with Crippen molar-refractivity contribution < 1.29 is 9.59 Å². The molecule has 0 aliphatic carbocycles. The maximum absolute atomic E-state index is 12.7. The number of amides is 2. The molecule has 118 valence electrons. The summed E-state index contributed by atoms with van der Waals surface area (Å²) in [6.45, 7) is 2.10. The molecule has 4 nitrogen and oxygen atoms in total. The Kier molecular flexibility index (Phi) is 4.35. The number of carbonyl (C=O) groups excluding carboxylic acids is 2. The highest BCUT2D eigenvalue weighted by Crippen LogP contribution is 2.36. The minimum Gasteiger partial charge on any atom is -0.325 e. The van der Waals surface area contributed by atoms with Crippen LogP contribution in [0.2, 0.25) is 5.02 Å². The van der Waals surface area contributed by atoms with E-state index in [1.807, 2.05) is 30.3 Å². The molecular weight excluding hydrogens is 312 g/mol. The van der Waals surface area contributed by atoms with Crippen LogP contribution in [-0.4, -0.2) is 18.4 Å². The molecule has 0 radical (unpaired) electrons. The van der Waals surface area contributed by atoms with E-state index in [-0.39, 0.29) is 18.2 Å². The topological polar surface area (TPSA) is 49.4 Å². The van der Waals surface area contributed by atoms with Crippen LogP contribution in [0.5, 0.6) is 0 Å². The van der Waals surface area contributed by atoms with Crippen LogP contribution in [0.15, 0.2) is 42.5 Å². The quantitative estimate of drug-likeness (QED) is 0.938. The maximum atomic E-state index is 12.7. The molecule has 23 heavy (non-hydrogen) atoms. The first-order chi connectivity index (χ1) is 11.0. The average Bonchev–Trinajstić information content (AvgIpc) is 2.92. The average molecular weight is 329 g/mol. The van der Waals surface area contributed by atoms with Gasteiger partial charge in [-0.15, -0.1) is 0 Å². The van der Waals surface area contributed by atoms with Crippen LogP contribution in [0.4, 0.5) is 11.4 Å². The number of anilines is 2. The van der Waals surface area contributed by atoms with Gasteiger partial charge in [-0.3, -0.25) is 9.59 Å². The summed E-state index contributed by atoms with van der Waals surface area (Å²) < 4.78 is 0. The summed E-state index contributed by atoms with van der Waals surface area (Å²) in [5.41, 5.74) is 3.46. The van der Waals surface area contributed by atoms with Gasteiger partial charge >= 0.3 is 0 Å². The van der Waals surface area contributed by atoms with Crippen LogP contribution in [0, 0.1) is 0 Å². The Labute approximate surface area is 140 Å². The van der Waals surface area contributed by atoms with Crippen molar-refractivity contribution in [2.45, 2.75) is 19.8 Å². The zero-order chi connectivity index (χ0) is 16.4. The molecular formula is C18H17ClN2O2. The fourth-order valence-electron chi connectivity index (χ4n) is 2.91. The van der Waals surface area contributed by atoms with E-state index in [0.717, 1.165) is 23.2 Å². The van der Waals surface area contributed by atoms with Crippen LogP contribution < -0.4 is 10.2 Å². The summed E-state index contributed by atoms with van der Waals surface area (Å²) in [5, 5.41) is 3.43. The van der Waals surface area contributed by atoms with Crippen molar-refractivity contribution in [1.29, 1.82) is 0 Å². The second kappa shape index (κ2) is 6.42. The second-order valence-electron chi connectivity index (χ2n) is 5.60. The fraction of sp³-hybridized carbons (Fsp3) is 0.222. The van der Waals surface area contributed by atoms with E-state index in [1.54, 1.807) is 17.0 Å². The van der Waals surface area contributed by atoms with Crippen molar-refractivity contribution >= 4 is 34.8 Å². The molecule has 1 N–H and O–H groups in total. The summed E-state index contributed by atoms with van der Waals surface area (Å²) in [6, 6.07) is 13.0. The number of benzene rings is 2. The first-order valence-electron chi connectivity index (χ1n) is 7.49. The summed E-state index contributed by atoms with van der Waals surface area (Å²) in [4.78, 5) is 25.8. The summed E-state index contributed by atoms with van der Waals surface area (Å²) in [5.74, 6) is -0.142. The minimum atomic E-state index is -0.146. The first-order valence-corrected chi connectivity index (χ1v) is 7.86. The number of para-hydroxylation sites is 1. The molecule has 5 heteroatoms. The number of carbonyl (C=O) groups is 2. The smallest absolute Gasteiger partial charge is 0.231 e. The lowest BCUT2D eigenvalue weighted by Crippen LogP contribution is -2.31. The number of rotatable bonds is 3. The molecule has 1 aliphatic rings. The van der Waals surface area contributed by atoms with Crippen LogP contribution in [0.3, 0.4) is 0 Å². The molecule has 0 unspecified atom stereocenters. The zero-order valence-corrected chi connectivity index (χ0v) is 13.6. The second-order valence-corrected chi connectivity index (χ2v) is 6.03. The molecule has 0 spiro atoms. The van der Waals surface area contributed by atoms with Gasteiger partial charge in [0.2, 0.25) is 11.8 Å². The van der Waals surface area contributed by atoms with E-state index in [2.05, 4.69) is 5.32 Å². The Balaban J connectivity index is 1.86. The lowest BCUT2D eigenvalue weighted by atomic mass is 10.1. The zero-order valence-electron chi connectivity index (χ0n) is 12.8. The largest absolute Gasteiger partial charge is 0.325 e. The van der Waals surface area contributed by atoms with Crippen molar-refractivity contribution in [3.63, 3.8) is 0 Å². The highest BCUT2D eigenvalue weighted by atomic mass is 35.5. The highest BCUT2D eigenvalue weighted by Gasteiger charge is 2.27. The summed E-state index contributed by atoms with van der Waals surface area (Å²) in [7, 11) is 0. The molecule has 1 heterocycles. The standard InChI is InChI=1S/C18H17ClN2O2/c1-12(22)20-16-7-3-5-14-8-9-21(18(14)16)17(23)11-13-4-2-6-15(19)10-13/h2-7,10H,8-9,11H2,1H3,(H,20,22). The van der Waals surface area contributed by atoms with Gasteiger partial charge in [-0.05, 0) is 35.7 Å². The molecule has 2 aromatic carbocycles. The molecule has 0 aromatic heterocycles. The third-order valence-corrected chi connectivity index (χ3v) is 4.09. The Hall–Kier alpha value is -2.33. The molecule has 0 saturated heterocycles. The van der Waals surface area contributed by atoms with E-state index >= 15 is 0 Å². The Morgan fingerprint density at radius 2 is 2.00 bits per heavy atom. The predicted octanol–water partition coefficient (Wildman–Crippen LogP) is 3.43. The Morgan fingerprint density at radius 1 is 1.22 bits per heavy atom. The number of nitrogens with zero attached hydrogens (tertiary/aromatic N) is 1. The van der Waals surface area contributed by atoms with Gasteiger partial charge in [0.05, 0.1) is 17.8 Å². The van der Waals surface area contributed by atoms with E-state index < -0.39 is 0 Å². The van der Waals surface area contributed by atoms with Crippen molar-refractivity contribution in [2.75, 3.05) is 16.8 Å². The number of hydrogen-bond donors (Lipinski definition) is 1. The number of halogens is 1. The van der Waals surface area contributed by atoms with E-state index in [9.17, 15) is 9.59 Å². The van der Waals surface area contributed by atoms with Gasteiger partial charge in [-0.1, -0.05) is 35.9 Å². The monoisotopic (exact) mass is 328 g/mol. The molecule has 3 rings (SSSR count). The lowest BCUT2D eigenvalue weighted by molar-refractivity contribution is -0.118. The fourth-order valence-corrected chi connectivity index (χ4v) is 3.13. The maximum Gasteiger partial charge on any atom is 0.231 e. The van der Waals surface area contributed by atoms with Crippen molar-refractivity contribution in [3.05, 3.63) is 58.6 Å². The van der Waals surface area contributed by atoms with E-state index in [1.165, 1.54) is 6.92 Å². The number of fused-ring (bicyclic) bond motifs is 1. The summed E-state index contributed by atoms with van der Waals surface area (Å²) in [6.07, 6.45) is 1.08.